The van der Waals surface area contributed by atoms with E-state index in [1.54, 1.807) is 0 Å². The largest absolute Gasteiger partial charge is 0.309 e. The van der Waals surface area contributed by atoms with Crippen molar-refractivity contribution in [2.75, 3.05) is 4.90 Å². The zero-order chi connectivity index (χ0) is 35.8. The molecule has 0 aliphatic carbocycles. The molecule has 254 valence electrons. The average molecular weight is 691 g/mol. The van der Waals surface area contributed by atoms with Crippen LogP contribution in [0.2, 0.25) is 0 Å². The standard InChI is InChI=1S/C50H34N4/c1-4-15-35(16-5-1)47(38-27-29-42(30-28-38)54(45-23-10-12-31-51-45)46-24-11-13-32-52-46)48(36-17-6-2-7-18-36)40-33-39-26-25-37-19-14-22-43-49(37)50(39)44(34-40)53(43)41-20-8-3-9-21-41/h1-34H/b48-47+. The number of pyridine rings is 2. The van der Waals surface area contributed by atoms with Gasteiger partial charge in [0.15, 0.2) is 0 Å². The van der Waals surface area contributed by atoms with Crippen LogP contribution in [0.25, 0.3) is 49.4 Å². The van der Waals surface area contributed by atoms with Crippen LogP contribution in [0.4, 0.5) is 17.3 Å². The maximum atomic E-state index is 4.70. The van der Waals surface area contributed by atoms with Crippen molar-refractivity contribution in [1.29, 1.82) is 0 Å². The van der Waals surface area contributed by atoms with Crippen molar-refractivity contribution in [3.8, 4) is 5.69 Å². The number of nitrogens with zero attached hydrogens (tertiary/aromatic N) is 4. The molecule has 0 N–H and O–H groups in total. The van der Waals surface area contributed by atoms with Crippen LogP contribution in [-0.2, 0) is 0 Å². The molecule has 0 aliphatic rings. The molecule has 3 aromatic heterocycles. The number of rotatable bonds is 8. The van der Waals surface area contributed by atoms with Crippen molar-refractivity contribution in [2.24, 2.45) is 0 Å². The number of hydrogen-bond acceptors (Lipinski definition) is 3. The molecule has 0 atom stereocenters. The monoisotopic (exact) mass is 690 g/mol. The molecule has 0 bridgehead atoms. The van der Waals surface area contributed by atoms with Gasteiger partial charge in [-0.3, -0.25) is 4.90 Å². The van der Waals surface area contributed by atoms with Crippen LogP contribution in [0, 0.1) is 0 Å². The number of anilines is 3. The lowest BCUT2D eigenvalue weighted by molar-refractivity contribution is 1.12. The third-order valence-electron chi connectivity index (χ3n) is 10.2. The molecule has 0 fully saturated rings. The second-order valence-corrected chi connectivity index (χ2v) is 13.4. The number of benzene rings is 7. The Balaban J connectivity index is 1.25. The normalized spacial score (nSPS) is 12.0. The smallest absolute Gasteiger partial charge is 0.138 e. The summed E-state index contributed by atoms with van der Waals surface area (Å²) in [6.45, 7) is 0. The highest BCUT2D eigenvalue weighted by Gasteiger charge is 2.22. The predicted molar refractivity (Wildman–Crippen MR) is 224 cm³/mol. The molecule has 0 saturated heterocycles. The lowest BCUT2D eigenvalue weighted by atomic mass is 9.85. The van der Waals surface area contributed by atoms with Gasteiger partial charge in [-0.1, -0.05) is 127 Å². The Hall–Kier alpha value is -7.30. The van der Waals surface area contributed by atoms with Gasteiger partial charge in [-0.2, -0.15) is 0 Å². The molecule has 0 saturated carbocycles. The van der Waals surface area contributed by atoms with E-state index in [1.165, 1.54) is 38.2 Å². The van der Waals surface area contributed by atoms with E-state index in [1.807, 2.05) is 48.8 Å². The Kier molecular flexibility index (Phi) is 7.77. The molecule has 0 aliphatic heterocycles. The summed E-state index contributed by atoms with van der Waals surface area (Å²) in [4.78, 5) is 11.5. The summed E-state index contributed by atoms with van der Waals surface area (Å²) >= 11 is 0. The lowest BCUT2D eigenvalue weighted by Gasteiger charge is -2.24. The summed E-state index contributed by atoms with van der Waals surface area (Å²) in [5.41, 5.74) is 11.4. The summed E-state index contributed by atoms with van der Waals surface area (Å²) in [6, 6.07) is 69.0. The second kappa shape index (κ2) is 13.4. The van der Waals surface area contributed by atoms with E-state index in [0.29, 0.717) is 0 Å². The van der Waals surface area contributed by atoms with Crippen LogP contribution in [0.15, 0.2) is 207 Å². The maximum Gasteiger partial charge on any atom is 0.138 e. The Morgan fingerprint density at radius 2 is 0.926 bits per heavy atom. The minimum atomic E-state index is 0.806. The van der Waals surface area contributed by atoms with E-state index in [-0.39, 0.29) is 0 Å². The van der Waals surface area contributed by atoms with Crippen LogP contribution < -0.4 is 4.90 Å². The summed E-state index contributed by atoms with van der Waals surface area (Å²) in [7, 11) is 0. The van der Waals surface area contributed by atoms with E-state index in [4.69, 9.17) is 9.97 Å². The van der Waals surface area contributed by atoms with E-state index < -0.39 is 0 Å². The van der Waals surface area contributed by atoms with Crippen molar-refractivity contribution < 1.29 is 0 Å². The van der Waals surface area contributed by atoms with Crippen LogP contribution in [0.5, 0.6) is 0 Å². The van der Waals surface area contributed by atoms with Gasteiger partial charge in [0.25, 0.3) is 0 Å². The molecule has 10 aromatic rings. The van der Waals surface area contributed by atoms with Gasteiger partial charge in [-0.25, -0.2) is 9.97 Å². The van der Waals surface area contributed by atoms with E-state index in [0.717, 1.165) is 50.8 Å². The molecular weight excluding hydrogens is 657 g/mol. The van der Waals surface area contributed by atoms with Gasteiger partial charge < -0.3 is 4.57 Å². The van der Waals surface area contributed by atoms with E-state index in [9.17, 15) is 0 Å². The first-order valence-electron chi connectivity index (χ1n) is 18.2. The van der Waals surface area contributed by atoms with Gasteiger partial charge in [0.05, 0.1) is 11.0 Å². The molecule has 54 heavy (non-hydrogen) atoms. The average Bonchev–Trinajstić information content (AvgIpc) is 3.59. The second-order valence-electron chi connectivity index (χ2n) is 13.4. The minimum absolute atomic E-state index is 0.806. The Morgan fingerprint density at radius 3 is 1.54 bits per heavy atom. The van der Waals surface area contributed by atoms with Crippen LogP contribution >= 0.6 is 0 Å². The topological polar surface area (TPSA) is 34.0 Å². The Bertz CT molecular complexity index is 2840. The molecule has 0 amide bonds. The van der Waals surface area contributed by atoms with Gasteiger partial charge in [0.2, 0.25) is 0 Å². The minimum Gasteiger partial charge on any atom is -0.309 e. The van der Waals surface area contributed by atoms with Crippen molar-refractivity contribution in [2.45, 2.75) is 0 Å². The molecule has 0 radical (unpaired) electrons. The number of hydrogen-bond donors (Lipinski definition) is 0. The number of aromatic nitrogens is 3. The fourth-order valence-electron chi connectivity index (χ4n) is 7.94. The first-order valence-corrected chi connectivity index (χ1v) is 18.2. The summed E-state index contributed by atoms with van der Waals surface area (Å²) < 4.78 is 2.43. The van der Waals surface area contributed by atoms with Crippen LogP contribution in [0.1, 0.15) is 22.3 Å². The highest BCUT2D eigenvalue weighted by Crippen LogP contribution is 2.44. The molecule has 10 rings (SSSR count). The van der Waals surface area contributed by atoms with Gasteiger partial charge in [-0.15, -0.1) is 0 Å². The summed E-state index contributed by atoms with van der Waals surface area (Å²) in [5.74, 6) is 1.61. The van der Waals surface area contributed by atoms with E-state index in [2.05, 4.69) is 167 Å². The third-order valence-corrected chi connectivity index (χ3v) is 10.2. The van der Waals surface area contributed by atoms with E-state index >= 15 is 0 Å². The SMILES string of the molecule is c1ccc(/C(=C(/c2ccccc2)c2cc3ccc4cccc5c4c3c(c2)n5-c2ccccc2)c2ccc(N(c3ccccn3)c3ccccn3)cc2)cc1. The lowest BCUT2D eigenvalue weighted by Crippen LogP contribution is -2.12. The van der Waals surface area contributed by atoms with Crippen LogP contribution in [-0.4, -0.2) is 14.5 Å². The highest BCUT2D eigenvalue weighted by molar-refractivity contribution is 6.25. The fraction of sp³-hybridized carbons (Fsp3) is 0. The quantitative estimate of drug-likeness (QED) is 0.118. The van der Waals surface area contributed by atoms with Gasteiger partial charge >= 0.3 is 0 Å². The molecule has 4 heteroatoms. The highest BCUT2D eigenvalue weighted by atomic mass is 15.2. The third kappa shape index (κ3) is 5.40. The Labute approximate surface area is 313 Å². The number of para-hydroxylation sites is 1. The first-order chi connectivity index (χ1) is 26.8. The Morgan fingerprint density at radius 1 is 0.389 bits per heavy atom. The van der Waals surface area contributed by atoms with Gasteiger partial charge in [-0.05, 0) is 111 Å². The fourth-order valence-corrected chi connectivity index (χ4v) is 7.94. The molecule has 3 heterocycles. The first kappa shape index (κ1) is 31.4. The van der Waals surface area contributed by atoms with Crippen molar-refractivity contribution in [1.82, 2.24) is 14.5 Å². The summed E-state index contributed by atoms with van der Waals surface area (Å²) in [5, 5.41) is 5.06. The van der Waals surface area contributed by atoms with Crippen molar-refractivity contribution in [3.05, 3.63) is 229 Å². The summed E-state index contributed by atoms with van der Waals surface area (Å²) in [6.07, 6.45) is 3.64. The van der Waals surface area contributed by atoms with Crippen molar-refractivity contribution >= 4 is 61.0 Å². The predicted octanol–water partition coefficient (Wildman–Crippen LogP) is 12.6. The molecular formula is C50H34N4. The maximum absolute atomic E-state index is 4.70. The molecule has 0 unspecified atom stereocenters. The van der Waals surface area contributed by atoms with Crippen molar-refractivity contribution in [3.63, 3.8) is 0 Å². The van der Waals surface area contributed by atoms with Gasteiger partial charge in [0.1, 0.15) is 11.6 Å². The zero-order valence-electron chi connectivity index (χ0n) is 29.4. The van der Waals surface area contributed by atoms with Crippen LogP contribution in [0.3, 0.4) is 0 Å². The molecule has 7 aromatic carbocycles. The zero-order valence-corrected chi connectivity index (χ0v) is 29.4. The molecule has 4 nitrogen and oxygen atoms in total. The van der Waals surface area contributed by atoms with Gasteiger partial charge in [0, 0.05) is 34.5 Å². The molecule has 0 spiro atoms.